The predicted molar refractivity (Wildman–Crippen MR) is 87.5 cm³/mol. The lowest BCUT2D eigenvalue weighted by Gasteiger charge is -2.26. The lowest BCUT2D eigenvalue weighted by molar-refractivity contribution is 0.0258. The van der Waals surface area contributed by atoms with Crippen LogP contribution in [0, 0.1) is 5.92 Å². The number of carbonyl (C=O) groups is 1. The van der Waals surface area contributed by atoms with E-state index >= 15 is 0 Å². The fraction of sp³-hybridized carbons (Fsp3) is 0.941. The van der Waals surface area contributed by atoms with Gasteiger partial charge in [0.25, 0.3) is 0 Å². The summed E-state index contributed by atoms with van der Waals surface area (Å²) in [6.45, 7) is 12.5. The third-order valence-electron chi connectivity index (χ3n) is 4.19. The number of rotatable bonds is 7. The molecule has 2 unspecified atom stereocenters. The van der Waals surface area contributed by atoms with Gasteiger partial charge in [-0.05, 0) is 65.8 Å². The smallest absolute Gasteiger partial charge is 0.410 e. The van der Waals surface area contributed by atoms with Crippen LogP contribution >= 0.6 is 0 Å². The fourth-order valence-electron chi connectivity index (χ4n) is 2.91. The van der Waals surface area contributed by atoms with Gasteiger partial charge in [0.2, 0.25) is 0 Å². The van der Waals surface area contributed by atoms with Crippen LogP contribution in [0.15, 0.2) is 0 Å². The van der Waals surface area contributed by atoms with Crippen LogP contribution in [-0.4, -0.2) is 42.3 Å². The summed E-state index contributed by atoms with van der Waals surface area (Å²) in [7, 11) is 0. The maximum absolute atomic E-state index is 12.0. The van der Waals surface area contributed by atoms with Crippen molar-refractivity contribution in [2.75, 3.05) is 19.6 Å². The second kappa shape index (κ2) is 8.62. The number of hydrogen-bond acceptors (Lipinski definition) is 3. The Balaban J connectivity index is 2.19. The minimum Gasteiger partial charge on any atom is -0.444 e. The molecule has 0 bridgehead atoms. The van der Waals surface area contributed by atoms with Gasteiger partial charge in [0.1, 0.15) is 5.60 Å². The highest BCUT2D eigenvalue weighted by atomic mass is 16.6. The van der Waals surface area contributed by atoms with E-state index in [1.807, 2.05) is 27.7 Å². The highest BCUT2D eigenvalue weighted by Crippen LogP contribution is 2.27. The molecule has 2 atom stereocenters. The molecule has 0 spiro atoms. The zero-order valence-corrected chi connectivity index (χ0v) is 14.6. The van der Waals surface area contributed by atoms with Crippen LogP contribution in [0.5, 0.6) is 0 Å². The number of nitrogens with zero attached hydrogens (tertiary/aromatic N) is 1. The molecule has 0 aliphatic heterocycles. The summed E-state index contributed by atoms with van der Waals surface area (Å²) in [5, 5.41) is 3.63. The van der Waals surface area contributed by atoms with Crippen LogP contribution in [0.1, 0.15) is 66.7 Å². The van der Waals surface area contributed by atoms with E-state index in [0.717, 1.165) is 25.4 Å². The summed E-state index contributed by atoms with van der Waals surface area (Å²) in [5.41, 5.74) is -0.415. The van der Waals surface area contributed by atoms with Crippen molar-refractivity contribution in [3.63, 3.8) is 0 Å². The van der Waals surface area contributed by atoms with Crippen molar-refractivity contribution < 1.29 is 9.53 Å². The molecule has 1 fully saturated rings. The topological polar surface area (TPSA) is 41.6 Å². The molecule has 0 heterocycles. The average molecular weight is 298 g/mol. The van der Waals surface area contributed by atoms with E-state index in [1.165, 1.54) is 25.7 Å². The molecule has 21 heavy (non-hydrogen) atoms. The minimum atomic E-state index is -0.415. The summed E-state index contributed by atoms with van der Waals surface area (Å²) < 4.78 is 5.42. The van der Waals surface area contributed by atoms with Crippen LogP contribution < -0.4 is 5.32 Å². The zero-order chi connectivity index (χ0) is 15.9. The number of carbonyl (C=O) groups excluding carboxylic acids is 1. The molecule has 0 aromatic heterocycles. The Morgan fingerprint density at radius 2 is 2.00 bits per heavy atom. The van der Waals surface area contributed by atoms with Gasteiger partial charge in [-0.15, -0.1) is 0 Å². The first-order valence-electron chi connectivity index (χ1n) is 8.57. The Morgan fingerprint density at radius 3 is 2.52 bits per heavy atom. The highest BCUT2D eigenvalue weighted by Gasteiger charge is 2.23. The van der Waals surface area contributed by atoms with Crippen LogP contribution in [0.3, 0.4) is 0 Å². The Kier molecular flexibility index (Phi) is 7.50. The lowest BCUT2D eigenvalue weighted by Crippen LogP contribution is -2.38. The van der Waals surface area contributed by atoms with Crippen molar-refractivity contribution >= 4 is 6.09 Å². The number of hydrogen-bond donors (Lipinski definition) is 1. The van der Waals surface area contributed by atoms with Crippen molar-refractivity contribution in [1.82, 2.24) is 10.2 Å². The van der Waals surface area contributed by atoms with Crippen molar-refractivity contribution in [2.45, 2.75) is 78.4 Å². The first-order chi connectivity index (χ1) is 9.85. The van der Waals surface area contributed by atoms with Gasteiger partial charge in [-0.2, -0.15) is 0 Å². The first kappa shape index (κ1) is 18.3. The summed E-state index contributed by atoms with van der Waals surface area (Å²) in [5.74, 6) is 0.913. The molecule has 1 N–H and O–H groups in total. The largest absolute Gasteiger partial charge is 0.444 e. The van der Waals surface area contributed by atoms with Crippen LogP contribution in [0.4, 0.5) is 4.79 Å². The van der Waals surface area contributed by atoms with E-state index in [9.17, 15) is 4.79 Å². The van der Waals surface area contributed by atoms with E-state index in [0.29, 0.717) is 12.6 Å². The molecule has 4 nitrogen and oxygen atoms in total. The van der Waals surface area contributed by atoms with E-state index in [-0.39, 0.29) is 6.09 Å². The lowest BCUT2D eigenvalue weighted by atomic mass is 10.1. The molecular formula is C17H34N2O2. The van der Waals surface area contributed by atoms with Gasteiger partial charge in [0.05, 0.1) is 0 Å². The average Bonchev–Trinajstić information content (AvgIpc) is 2.84. The van der Waals surface area contributed by atoms with E-state index < -0.39 is 5.60 Å². The van der Waals surface area contributed by atoms with Crippen LogP contribution in [-0.2, 0) is 4.74 Å². The van der Waals surface area contributed by atoms with Crippen LogP contribution in [0.2, 0.25) is 0 Å². The molecular weight excluding hydrogens is 264 g/mol. The second-order valence-electron chi connectivity index (χ2n) is 7.15. The maximum atomic E-state index is 12.0. The van der Waals surface area contributed by atoms with Crippen LogP contribution in [0.25, 0.3) is 0 Å². The maximum Gasteiger partial charge on any atom is 0.410 e. The molecule has 0 saturated heterocycles. The van der Waals surface area contributed by atoms with Crippen molar-refractivity contribution in [1.29, 1.82) is 0 Å². The highest BCUT2D eigenvalue weighted by molar-refractivity contribution is 5.68. The van der Waals surface area contributed by atoms with Gasteiger partial charge in [-0.1, -0.05) is 13.3 Å². The molecule has 1 saturated carbocycles. The summed E-state index contributed by atoms with van der Waals surface area (Å²) in [4.78, 5) is 13.8. The molecule has 1 amide bonds. The SMILES string of the molecule is CCC1CCC(NCCCN(CC)C(=O)OC(C)(C)C)C1. The van der Waals surface area contributed by atoms with E-state index in [4.69, 9.17) is 4.74 Å². The minimum absolute atomic E-state index is 0.197. The molecule has 1 aliphatic rings. The van der Waals surface area contributed by atoms with Gasteiger partial charge >= 0.3 is 6.09 Å². The van der Waals surface area contributed by atoms with Gasteiger partial charge in [-0.25, -0.2) is 4.79 Å². The Bertz CT molecular complexity index is 312. The fourth-order valence-corrected chi connectivity index (χ4v) is 2.91. The van der Waals surface area contributed by atoms with E-state index in [1.54, 1.807) is 4.90 Å². The summed E-state index contributed by atoms with van der Waals surface area (Å²) in [6.07, 6.45) is 6.09. The molecule has 1 rings (SSSR count). The normalized spacial score (nSPS) is 22.3. The third kappa shape index (κ3) is 7.16. The second-order valence-corrected chi connectivity index (χ2v) is 7.15. The van der Waals surface area contributed by atoms with Gasteiger partial charge in [-0.3, -0.25) is 0 Å². The Hall–Kier alpha value is -0.770. The molecule has 124 valence electrons. The molecule has 0 aromatic carbocycles. The number of amides is 1. The summed E-state index contributed by atoms with van der Waals surface area (Å²) in [6, 6.07) is 0.687. The van der Waals surface area contributed by atoms with Crippen molar-refractivity contribution in [3.8, 4) is 0 Å². The molecule has 1 aliphatic carbocycles. The van der Waals surface area contributed by atoms with Gasteiger partial charge in [0, 0.05) is 19.1 Å². The number of ether oxygens (including phenoxy) is 1. The monoisotopic (exact) mass is 298 g/mol. The Morgan fingerprint density at radius 1 is 1.29 bits per heavy atom. The Labute approximate surface area is 130 Å². The first-order valence-corrected chi connectivity index (χ1v) is 8.57. The summed E-state index contributed by atoms with van der Waals surface area (Å²) >= 11 is 0. The standard InChI is InChI=1S/C17H34N2O2/c1-6-14-9-10-15(13-14)18-11-8-12-19(7-2)16(20)21-17(3,4)5/h14-15,18H,6-13H2,1-5H3. The molecule has 0 aromatic rings. The quantitative estimate of drug-likeness (QED) is 0.727. The third-order valence-corrected chi connectivity index (χ3v) is 4.19. The molecule has 4 heteroatoms. The van der Waals surface area contributed by atoms with Gasteiger partial charge < -0.3 is 15.0 Å². The van der Waals surface area contributed by atoms with E-state index in [2.05, 4.69) is 12.2 Å². The van der Waals surface area contributed by atoms with Gasteiger partial charge in [0.15, 0.2) is 0 Å². The van der Waals surface area contributed by atoms with Crippen molar-refractivity contribution in [3.05, 3.63) is 0 Å². The molecule has 0 radical (unpaired) electrons. The predicted octanol–water partition coefficient (Wildman–Crippen LogP) is 3.80. The number of nitrogens with one attached hydrogen (secondary N) is 1. The zero-order valence-electron chi connectivity index (χ0n) is 14.6. The van der Waals surface area contributed by atoms with Crippen molar-refractivity contribution in [2.24, 2.45) is 5.92 Å².